The van der Waals surface area contributed by atoms with Crippen LogP contribution < -0.4 is 5.32 Å². The topological polar surface area (TPSA) is 50.2 Å². The Labute approximate surface area is 332 Å². The summed E-state index contributed by atoms with van der Waals surface area (Å²) < 4.78 is 2.43. The molecule has 9 aromatic rings. The van der Waals surface area contributed by atoms with Gasteiger partial charge in [0.05, 0.1) is 32.2 Å². The van der Waals surface area contributed by atoms with E-state index >= 15 is 0 Å². The minimum Gasteiger partial charge on any atom is -0.359 e. The molecule has 56 heavy (non-hydrogen) atoms. The maximum atomic E-state index is 5.31. The molecule has 0 radical (unpaired) electrons. The first kappa shape index (κ1) is 32.9. The molecule has 4 nitrogen and oxygen atoms in total. The lowest BCUT2D eigenvalue weighted by atomic mass is 9.92. The van der Waals surface area contributed by atoms with Crippen LogP contribution in [-0.4, -0.2) is 15.8 Å². The Morgan fingerprint density at radius 3 is 1.84 bits per heavy atom. The van der Waals surface area contributed by atoms with Crippen LogP contribution >= 0.6 is 22.7 Å². The van der Waals surface area contributed by atoms with Gasteiger partial charge < -0.3 is 5.32 Å². The molecular weight excluding hydrogens is 721 g/mol. The van der Waals surface area contributed by atoms with Gasteiger partial charge >= 0.3 is 0 Å². The molecule has 1 N–H and O–H groups in total. The van der Waals surface area contributed by atoms with Crippen molar-refractivity contribution in [2.75, 3.05) is 0 Å². The number of allylic oxidation sites excluding steroid dienone is 3. The molecule has 1 unspecified atom stereocenters. The molecular formula is C50H34N4S2. The Morgan fingerprint density at radius 2 is 1.11 bits per heavy atom. The van der Waals surface area contributed by atoms with Gasteiger partial charge in [-0.05, 0) is 104 Å². The van der Waals surface area contributed by atoms with Gasteiger partial charge in [0.2, 0.25) is 0 Å². The second-order valence-electron chi connectivity index (χ2n) is 14.4. The molecule has 1 aliphatic carbocycles. The van der Waals surface area contributed by atoms with Gasteiger partial charge in [-0.3, -0.25) is 0 Å². The van der Waals surface area contributed by atoms with Gasteiger partial charge in [-0.1, -0.05) is 133 Å². The van der Waals surface area contributed by atoms with Gasteiger partial charge in [-0.2, -0.15) is 0 Å². The third kappa shape index (κ3) is 5.95. The van der Waals surface area contributed by atoms with Gasteiger partial charge in [-0.25, -0.2) is 15.0 Å². The van der Waals surface area contributed by atoms with Crippen LogP contribution in [-0.2, 0) is 0 Å². The predicted molar refractivity (Wildman–Crippen MR) is 238 cm³/mol. The van der Waals surface area contributed by atoms with Crippen molar-refractivity contribution in [3.8, 4) is 21.7 Å². The second kappa shape index (κ2) is 13.7. The number of rotatable bonds is 6. The number of nitrogens with one attached hydrogen (secondary N) is 1. The van der Waals surface area contributed by atoms with Crippen LogP contribution in [0.4, 0.5) is 0 Å². The highest BCUT2D eigenvalue weighted by atomic mass is 32.1. The van der Waals surface area contributed by atoms with Gasteiger partial charge in [-0.15, -0.1) is 22.7 Å². The monoisotopic (exact) mass is 754 g/mol. The van der Waals surface area contributed by atoms with E-state index < -0.39 is 0 Å². The molecule has 0 saturated carbocycles. The fraction of sp³-hybridized carbons (Fsp3) is 0.0600. The van der Waals surface area contributed by atoms with Gasteiger partial charge in [0.1, 0.15) is 15.9 Å². The van der Waals surface area contributed by atoms with Crippen LogP contribution in [0.25, 0.3) is 74.9 Å². The molecule has 0 amide bonds. The first-order valence-corrected chi connectivity index (χ1v) is 20.6. The van der Waals surface area contributed by atoms with E-state index in [2.05, 4.69) is 169 Å². The van der Waals surface area contributed by atoms with Crippen LogP contribution in [0.1, 0.15) is 35.0 Å². The summed E-state index contributed by atoms with van der Waals surface area (Å²) in [5.74, 6) is 0.923. The zero-order valence-corrected chi connectivity index (χ0v) is 31.9. The summed E-state index contributed by atoms with van der Waals surface area (Å²) in [7, 11) is 0. The van der Waals surface area contributed by atoms with Crippen LogP contribution in [0.15, 0.2) is 180 Å². The van der Waals surface area contributed by atoms with E-state index in [0.717, 1.165) is 56.5 Å². The van der Waals surface area contributed by atoms with Gasteiger partial charge in [0.25, 0.3) is 0 Å². The van der Waals surface area contributed by atoms with E-state index in [1.165, 1.54) is 58.8 Å². The number of fused-ring (bicyclic) bond motifs is 5. The summed E-state index contributed by atoms with van der Waals surface area (Å²) in [5, 5.41) is 11.0. The Morgan fingerprint density at radius 1 is 0.518 bits per heavy atom. The zero-order valence-electron chi connectivity index (χ0n) is 30.3. The summed E-state index contributed by atoms with van der Waals surface area (Å²) >= 11 is 3.50. The second-order valence-corrected chi connectivity index (χ2v) is 16.4. The number of nitrogens with zero attached hydrogens (tertiary/aromatic N) is 3. The lowest BCUT2D eigenvalue weighted by molar-refractivity contribution is 0.774. The van der Waals surface area contributed by atoms with Crippen molar-refractivity contribution in [2.24, 2.45) is 4.99 Å². The Bertz CT molecular complexity index is 3040. The normalized spacial score (nSPS) is 15.8. The Kier molecular flexibility index (Phi) is 8.04. The summed E-state index contributed by atoms with van der Waals surface area (Å²) in [6.45, 7) is 0. The van der Waals surface area contributed by atoms with Crippen LogP contribution in [0.2, 0.25) is 0 Å². The van der Waals surface area contributed by atoms with Crippen molar-refractivity contribution in [1.29, 1.82) is 0 Å². The zero-order chi connectivity index (χ0) is 37.0. The smallest absolute Gasteiger partial charge is 0.130 e. The lowest BCUT2D eigenvalue weighted by Crippen LogP contribution is -2.32. The summed E-state index contributed by atoms with van der Waals surface area (Å²) in [6, 6.07) is 54.2. The van der Waals surface area contributed by atoms with E-state index in [1.54, 1.807) is 22.7 Å². The van der Waals surface area contributed by atoms with E-state index in [9.17, 15) is 0 Å². The first-order valence-electron chi connectivity index (χ1n) is 19.0. The standard InChI is InChI=1S/C50H34N4S2/c1-2-10-38-37(9-1)29-41(40-12-4-3-11-39(38)40)31-17-19-32(20-18-31)44-30-45(33-21-25-35(26-22-33)49-53-42-13-5-7-15-46(42)55-49)52-48(51-44)34-23-27-36(28-24-34)50-54-43-14-6-8-16-47(43)56-50/h1-23,25-27,29-30,45H,24,28H2,(H,51,52). The van der Waals surface area contributed by atoms with E-state index in [1.807, 2.05) is 6.07 Å². The fourth-order valence-corrected chi connectivity index (χ4v) is 10.00. The number of thiazole rings is 2. The molecule has 0 fully saturated rings. The van der Waals surface area contributed by atoms with Gasteiger partial charge in [0.15, 0.2) is 0 Å². The minimum absolute atomic E-state index is 0.0541. The molecule has 1 atom stereocenters. The number of amidine groups is 1. The maximum absolute atomic E-state index is 5.31. The van der Waals surface area contributed by atoms with Crippen molar-refractivity contribution in [1.82, 2.24) is 15.3 Å². The van der Waals surface area contributed by atoms with Crippen molar-refractivity contribution in [2.45, 2.75) is 18.9 Å². The Hall–Kier alpha value is -6.47. The predicted octanol–water partition coefficient (Wildman–Crippen LogP) is 13.4. The molecule has 2 aliphatic rings. The number of para-hydroxylation sites is 2. The van der Waals surface area contributed by atoms with Crippen molar-refractivity contribution >= 4 is 81.8 Å². The molecule has 0 bridgehead atoms. The van der Waals surface area contributed by atoms with Crippen molar-refractivity contribution in [3.63, 3.8) is 0 Å². The van der Waals surface area contributed by atoms with Crippen molar-refractivity contribution < 1.29 is 0 Å². The molecule has 2 aromatic heterocycles. The molecule has 7 aromatic carbocycles. The third-order valence-corrected chi connectivity index (χ3v) is 13.1. The molecule has 0 spiro atoms. The molecule has 0 saturated heterocycles. The minimum atomic E-state index is -0.0541. The molecule has 266 valence electrons. The number of hydrogen-bond acceptors (Lipinski definition) is 6. The quantitative estimate of drug-likeness (QED) is 0.172. The Balaban J connectivity index is 0.955. The SMILES string of the molecule is C1=C(C2=NC(c3ccc(-c4cc5ccccc5c5ccccc45)cc3)=CC(c3ccc(-c4nc5ccccc5s4)cc3)N2)CCC(c2nc3ccccc3s2)=C1. The average molecular weight is 755 g/mol. The number of benzene rings is 7. The average Bonchev–Trinajstić information content (AvgIpc) is 3.92. The van der Waals surface area contributed by atoms with Crippen LogP contribution in [0.3, 0.4) is 0 Å². The third-order valence-electron chi connectivity index (χ3n) is 10.9. The van der Waals surface area contributed by atoms with E-state index in [-0.39, 0.29) is 6.04 Å². The lowest BCUT2D eigenvalue weighted by Gasteiger charge is -2.26. The van der Waals surface area contributed by atoms with Crippen LogP contribution in [0, 0.1) is 0 Å². The summed E-state index contributed by atoms with van der Waals surface area (Å²) in [5.41, 5.74) is 11.4. The maximum Gasteiger partial charge on any atom is 0.130 e. The summed E-state index contributed by atoms with van der Waals surface area (Å²) in [4.78, 5) is 15.2. The first-order chi connectivity index (χ1) is 27.7. The molecule has 1 aliphatic heterocycles. The fourth-order valence-electron chi connectivity index (χ4n) is 8.01. The highest BCUT2D eigenvalue weighted by molar-refractivity contribution is 7.21. The largest absolute Gasteiger partial charge is 0.359 e. The highest BCUT2D eigenvalue weighted by Crippen LogP contribution is 2.38. The highest BCUT2D eigenvalue weighted by Gasteiger charge is 2.23. The number of hydrogen-bond donors (Lipinski definition) is 1. The van der Waals surface area contributed by atoms with E-state index in [4.69, 9.17) is 15.0 Å². The van der Waals surface area contributed by atoms with Crippen molar-refractivity contribution in [3.05, 3.63) is 192 Å². The number of aromatic nitrogens is 2. The molecule has 3 heterocycles. The summed E-state index contributed by atoms with van der Waals surface area (Å²) in [6.07, 6.45) is 8.55. The van der Waals surface area contributed by atoms with Crippen LogP contribution in [0.5, 0.6) is 0 Å². The molecule has 11 rings (SSSR count). The molecule has 6 heteroatoms. The number of aliphatic imine (C=N–C) groups is 1. The van der Waals surface area contributed by atoms with E-state index in [0.29, 0.717) is 0 Å². The van der Waals surface area contributed by atoms with Gasteiger partial charge in [0, 0.05) is 5.56 Å².